The summed E-state index contributed by atoms with van der Waals surface area (Å²) >= 11 is 0. The van der Waals surface area contributed by atoms with Crippen molar-refractivity contribution < 1.29 is 4.52 Å². The molecule has 4 rings (SSSR count). The molecule has 0 aromatic carbocycles. The van der Waals surface area contributed by atoms with Gasteiger partial charge >= 0.3 is 5.95 Å². The first-order valence-corrected chi connectivity index (χ1v) is 5.45. The van der Waals surface area contributed by atoms with Crippen molar-refractivity contribution in [2.45, 2.75) is 32.2 Å². The van der Waals surface area contributed by atoms with Crippen LogP contribution in [0.25, 0.3) is 0 Å². The average molecular weight is 194 g/mol. The first-order chi connectivity index (χ1) is 6.81. The number of aromatic nitrogens is 2. The van der Waals surface area contributed by atoms with E-state index in [1.807, 2.05) is 0 Å². The highest BCUT2D eigenvalue weighted by molar-refractivity contribution is 5.26. The van der Waals surface area contributed by atoms with Crippen LogP contribution < -0.4 is 4.48 Å². The van der Waals surface area contributed by atoms with Gasteiger partial charge in [0, 0.05) is 24.4 Å². The largest absolute Gasteiger partial charge is 0.365 e. The predicted molar refractivity (Wildman–Crippen MR) is 52.6 cm³/mol. The third-order valence-electron chi connectivity index (χ3n) is 4.14. The van der Waals surface area contributed by atoms with Crippen molar-refractivity contribution in [2.24, 2.45) is 5.92 Å². The lowest BCUT2D eigenvalue weighted by Crippen LogP contribution is -2.64. The zero-order valence-electron chi connectivity index (χ0n) is 8.52. The molecule has 0 spiro atoms. The van der Waals surface area contributed by atoms with Gasteiger partial charge in [-0.2, -0.15) is 0 Å². The molecule has 2 bridgehead atoms. The van der Waals surface area contributed by atoms with Gasteiger partial charge in [-0.25, -0.2) is 0 Å². The van der Waals surface area contributed by atoms with Crippen molar-refractivity contribution in [1.29, 1.82) is 0 Å². The number of piperidine rings is 3. The number of quaternary nitrogens is 1. The molecule has 0 amide bonds. The first kappa shape index (κ1) is 8.41. The topological polar surface area (TPSA) is 38.9 Å². The summed E-state index contributed by atoms with van der Waals surface area (Å²) in [6.07, 6.45) is 5.45. The van der Waals surface area contributed by atoms with Gasteiger partial charge in [-0.3, -0.25) is 4.48 Å². The van der Waals surface area contributed by atoms with Gasteiger partial charge < -0.3 is 4.52 Å². The molecule has 0 radical (unpaired) electrons. The van der Waals surface area contributed by atoms with Crippen LogP contribution in [0.3, 0.4) is 0 Å². The highest BCUT2D eigenvalue weighted by Gasteiger charge is 2.49. The van der Waals surface area contributed by atoms with Gasteiger partial charge in [0.1, 0.15) is 0 Å². The lowest BCUT2D eigenvalue weighted by Gasteiger charge is -2.50. The summed E-state index contributed by atoms with van der Waals surface area (Å²) in [5, 5.41) is 4.04. The highest BCUT2D eigenvalue weighted by Crippen LogP contribution is 2.40. The van der Waals surface area contributed by atoms with Crippen molar-refractivity contribution in [3.05, 3.63) is 6.39 Å². The van der Waals surface area contributed by atoms with Crippen molar-refractivity contribution in [1.82, 2.24) is 14.6 Å². The van der Waals surface area contributed by atoms with Crippen LogP contribution in [0.4, 0.5) is 5.95 Å². The Morgan fingerprint density at radius 2 is 2.21 bits per heavy atom. The van der Waals surface area contributed by atoms with E-state index in [9.17, 15) is 0 Å². The normalized spacial score (nSPS) is 41.5. The second-order valence-electron chi connectivity index (χ2n) is 4.74. The van der Waals surface area contributed by atoms with E-state index < -0.39 is 0 Å². The van der Waals surface area contributed by atoms with Crippen molar-refractivity contribution in [2.75, 3.05) is 13.1 Å². The summed E-state index contributed by atoms with van der Waals surface area (Å²) in [5.41, 5.74) is 0. The SMILES string of the molecule is CC1CC2CC[N+]1(c1ncon1)CC2. The quantitative estimate of drug-likeness (QED) is 0.637. The number of rotatable bonds is 1. The van der Waals surface area contributed by atoms with Crippen LogP contribution in [0.15, 0.2) is 10.9 Å². The summed E-state index contributed by atoms with van der Waals surface area (Å²) in [5.74, 6) is 1.85. The van der Waals surface area contributed by atoms with E-state index in [4.69, 9.17) is 4.52 Å². The molecule has 0 saturated carbocycles. The Hall–Kier alpha value is -0.900. The average Bonchev–Trinajstić information content (AvgIpc) is 2.72. The molecule has 1 aromatic rings. The molecule has 76 valence electrons. The van der Waals surface area contributed by atoms with E-state index in [-0.39, 0.29) is 0 Å². The molecule has 1 unspecified atom stereocenters. The molecule has 14 heavy (non-hydrogen) atoms. The highest BCUT2D eigenvalue weighted by atomic mass is 16.5. The Balaban J connectivity index is 2.01. The van der Waals surface area contributed by atoms with Crippen LogP contribution in [0, 0.1) is 5.92 Å². The van der Waals surface area contributed by atoms with Gasteiger partial charge in [0.15, 0.2) is 0 Å². The summed E-state index contributed by atoms with van der Waals surface area (Å²) in [7, 11) is 0. The third kappa shape index (κ3) is 0.974. The Morgan fingerprint density at radius 1 is 1.43 bits per heavy atom. The molecule has 3 aliphatic heterocycles. The predicted octanol–water partition coefficient (Wildman–Crippen LogP) is 1.58. The summed E-state index contributed by atoms with van der Waals surface area (Å²) in [6, 6.07) is 0.667. The fourth-order valence-electron chi connectivity index (χ4n) is 3.20. The molecule has 4 heteroatoms. The minimum atomic E-state index is 0.667. The van der Waals surface area contributed by atoms with Gasteiger partial charge in [0.05, 0.1) is 19.1 Å². The molecule has 3 saturated heterocycles. The van der Waals surface area contributed by atoms with Gasteiger partial charge in [-0.15, -0.1) is 4.98 Å². The molecular formula is C10H16N3O+. The fourth-order valence-corrected chi connectivity index (χ4v) is 3.20. The van der Waals surface area contributed by atoms with Gasteiger partial charge in [-0.05, 0) is 12.8 Å². The van der Waals surface area contributed by atoms with Gasteiger partial charge in [0.2, 0.25) is 6.39 Å². The van der Waals surface area contributed by atoms with Crippen LogP contribution in [0.2, 0.25) is 0 Å². The summed E-state index contributed by atoms with van der Waals surface area (Å²) in [6.45, 7) is 4.72. The van der Waals surface area contributed by atoms with Crippen molar-refractivity contribution >= 4 is 5.95 Å². The maximum atomic E-state index is 4.88. The summed E-state index contributed by atoms with van der Waals surface area (Å²) in [4.78, 5) is 4.25. The minimum Gasteiger partial charge on any atom is -0.338 e. The van der Waals surface area contributed by atoms with Crippen LogP contribution in [0.1, 0.15) is 26.2 Å². The molecular weight excluding hydrogens is 178 g/mol. The fraction of sp³-hybridized carbons (Fsp3) is 0.800. The van der Waals surface area contributed by atoms with Gasteiger partial charge in [-0.1, -0.05) is 0 Å². The minimum absolute atomic E-state index is 0.667. The van der Waals surface area contributed by atoms with Gasteiger partial charge in [0.25, 0.3) is 0 Å². The second kappa shape index (κ2) is 2.79. The molecule has 4 heterocycles. The van der Waals surface area contributed by atoms with Crippen LogP contribution >= 0.6 is 0 Å². The molecule has 0 aliphatic carbocycles. The first-order valence-electron chi connectivity index (χ1n) is 5.45. The standard InChI is InChI=1S/C10H16N3O/c1-8-6-9-2-4-13(8,5-3-9)10-11-7-14-12-10/h7-9H,2-6H2,1H3/q+1. The second-order valence-corrected chi connectivity index (χ2v) is 4.74. The van der Waals surface area contributed by atoms with E-state index in [0.717, 1.165) is 16.3 Å². The number of hydrogen-bond acceptors (Lipinski definition) is 3. The lowest BCUT2D eigenvalue weighted by molar-refractivity contribution is 0.0558. The maximum absolute atomic E-state index is 4.88. The molecule has 1 atom stereocenters. The van der Waals surface area contributed by atoms with E-state index in [1.54, 1.807) is 0 Å². The molecule has 1 aromatic heterocycles. The Kier molecular flexibility index (Phi) is 1.68. The maximum Gasteiger partial charge on any atom is 0.365 e. The monoisotopic (exact) mass is 194 g/mol. The van der Waals surface area contributed by atoms with Crippen molar-refractivity contribution in [3.8, 4) is 0 Å². The van der Waals surface area contributed by atoms with E-state index >= 15 is 0 Å². The van der Waals surface area contributed by atoms with Crippen LogP contribution in [-0.2, 0) is 0 Å². The lowest BCUT2D eigenvalue weighted by atomic mass is 9.81. The Bertz CT molecular complexity index is 314. The number of fused-ring (bicyclic) bond motifs is 3. The van der Waals surface area contributed by atoms with E-state index in [0.29, 0.717) is 6.04 Å². The van der Waals surface area contributed by atoms with E-state index in [1.165, 1.54) is 38.7 Å². The molecule has 3 aliphatic rings. The third-order valence-corrected chi connectivity index (χ3v) is 4.14. The zero-order valence-corrected chi connectivity index (χ0v) is 8.52. The van der Waals surface area contributed by atoms with Crippen molar-refractivity contribution in [3.63, 3.8) is 0 Å². The molecule has 0 N–H and O–H groups in total. The Labute approximate surface area is 83.5 Å². The number of hydrogen-bond donors (Lipinski definition) is 0. The van der Waals surface area contributed by atoms with Crippen LogP contribution in [0.5, 0.6) is 0 Å². The zero-order chi connectivity index (χ0) is 9.60. The summed E-state index contributed by atoms with van der Waals surface area (Å²) < 4.78 is 5.85. The molecule has 4 nitrogen and oxygen atoms in total. The van der Waals surface area contributed by atoms with Crippen LogP contribution in [-0.4, -0.2) is 29.3 Å². The number of nitrogens with zero attached hydrogens (tertiary/aromatic N) is 3. The Morgan fingerprint density at radius 3 is 2.79 bits per heavy atom. The smallest absolute Gasteiger partial charge is 0.338 e. The molecule has 3 fully saturated rings. The van der Waals surface area contributed by atoms with E-state index in [2.05, 4.69) is 17.1 Å².